The van der Waals surface area contributed by atoms with E-state index in [0.29, 0.717) is 23.3 Å². The molecule has 1 aliphatic rings. The number of anilines is 2. The highest BCUT2D eigenvalue weighted by atomic mass is 35.5. The van der Waals surface area contributed by atoms with Crippen molar-refractivity contribution in [2.45, 2.75) is 19.8 Å². The molecule has 0 spiro atoms. The SMILES string of the molecule is CCCCOc1ccc(N2C(=O)CN=C2Nc2ccccc2Cl)cc1. The summed E-state index contributed by atoms with van der Waals surface area (Å²) in [6, 6.07) is 14.8. The topological polar surface area (TPSA) is 53.9 Å². The number of guanidine groups is 1. The molecule has 1 aliphatic heterocycles. The number of hydrogen-bond donors (Lipinski definition) is 1. The summed E-state index contributed by atoms with van der Waals surface area (Å²) in [5.74, 6) is 1.17. The zero-order chi connectivity index (χ0) is 17.6. The molecule has 25 heavy (non-hydrogen) atoms. The molecule has 1 N–H and O–H groups in total. The lowest BCUT2D eigenvalue weighted by Crippen LogP contribution is -2.36. The van der Waals surface area contributed by atoms with E-state index in [9.17, 15) is 4.79 Å². The van der Waals surface area contributed by atoms with Crippen molar-refractivity contribution in [3.8, 4) is 5.75 Å². The summed E-state index contributed by atoms with van der Waals surface area (Å²) in [6.07, 6.45) is 2.11. The molecule has 1 heterocycles. The largest absolute Gasteiger partial charge is 0.494 e. The Morgan fingerprint density at radius 2 is 1.96 bits per heavy atom. The number of hydrogen-bond acceptors (Lipinski definition) is 4. The molecule has 130 valence electrons. The van der Waals surface area contributed by atoms with Crippen LogP contribution in [-0.2, 0) is 4.79 Å². The average molecular weight is 358 g/mol. The summed E-state index contributed by atoms with van der Waals surface area (Å²) >= 11 is 6.18. The maximum atomic E-state index is 12.3. The second-order valence-electron chi connectivity index (χ2n) is 5.67. The summed E-state index contributed by atoms with van der Waals surface area (Å²) < 4.78 is 5.66. The number of nitrogens with zero attached hydrogens (tertiary/aromatic N) is 2. The summed E-state index contributed by atoms with van der Waals surface area (Å²) in [6.45, 7) is 2.93. The average Bonchev–Trinajstić information content (AvgIpc) is 2.98. The fourth-order valence-corrected chi connectivity index (χ4v) is 2.66. The van der Waals surface area contributed by atoms with E-state index in [2.05, 4.69) is 17.2 Å². The molecule has 0 unspecified atom stereocenters. The monoisotopic (exact) mass is 357 g/mol. The number of para-hydroxylation sites is 1. The van der Waals surface area contributed by atoms with E-state index in [-0.39, 0.29) is 12.5 Å². The van der Waals surface area contributed by atoms with Crippen LogP contribution in [0.15, 0.2) is 53.5 Å². The fourth-order valence-electron chi connectivity index (χ4n) is 2.47. The molecule has 0 saturated heterocycles. The summed E-state index contributed by atoms with van der Waals surface area (Å²) in [5.41, 5.74) is 1.45. The van der Waals surface area contributed by atoms with Crippen molar-refractivity contribution in [3.05, 3.63) is 53.6 Å². The quantitative estimate of drug-likeness (QED) is 0.783. The minimum atomic E-state index is -0.0887. The first kappa shape index (κ1) is 17.3. The Morgan fingerprint density at radius 3 is 2.68 bits per heavy atom. The van der Waals surface area contributed by atoms with Crippen LogP contribution in [0.25, 0.3) is 0 Å². The molecule has 0 aliphatic carbocycles. The maximum Gasteiger partial charge on any atom is 0.255 e. The molecular formula is C19H20ClN3O2. The molecule has 3 rings (SSSR count). The highest BCUT2D eigenvalue weighted by Crippen LogP contribution is 2.25. The van der Waals surface area contributed by atoms with Crippen molar-refractivity contribution in [2.24, 2.45) is 4.99 Å². The third kappa shape index (κ3) is 4.12. The van der Waals surface area contributed by atoms with E-state index in [4.69, 9.17) is 16.3 Å². The smallest absolute Gasteiger partial charge is 0.255 e. The van der Waals surface area contributed by atoms with Crippen LogP contribution in [-0.4, -0.2) is 25.0 Å². The summed E-state index contributed by atoms with van der Waals surface area (Å²) in [7, 11) is 0. The lowest BCUT2D eigenvalue weighted by atomic mass is 10.2. The van der Waals surface area contributed by atoms with E-state index in [1.165, 1.54) is 0 Å². The third-order valence-electron chi connectivity index (χ3n) is 3.81. The van der Waals surface area contributed by atoms with E-state index < -0.39 is 0 Å². The number of aliphatic imine (C=N–C) groups is 1. The fraction of sp³-hybridized carbons (Fsp3) is 0.263. The lowest BCUT2D eigenvalue weighted by Gasteiger charge is -2.20. The molecular weight excluding hydrogens is 338 g/mol. The van der Waals surface area contributed by atoms with Gasteiger partial charge in [0.1, 0.15) is 12.3 Å². The molecule has 1 amide bonds. The van der Waals surface area contributed by atoms with Gasteiger partial charge >= 0.3 is 0 Å². The number of unbranched alkanes of at least 4 members (excludes halogenated alkanes) is 1. The van der Waals surface area contributed by atoms with Crippen molar-refractivity contribution >= 4 is 34.8 Å². The summed E-state index contributed by atoms with van der Waals surface area (Å²) in [4.78, 5) is 18.1. The predicted molar refractivity (Wildman–Crippen MR) is 102 cm³/mol. The van der Waals surface area contributed by atoms with Gasteiger partial charge in [-0.15, -0.1) is 0 Å². The van der Waals surface area contributed by atoms with Gasteiger partial charge in [0.25, 0.3) is 5.91 Å². The molecule has 2 aromatic carbocycles. The number of ether oxygens (including phenoxy) is 1. The highest BCUT2D eigenvalue weighted by Gasteiger charge is 2.27. The predicted octanol–water partition coefficient (Wildman–Crippen LogP) is 4.33. The molecule has 0 fully saturated rings. The third-order valence-corrected chi connectivity index (χ3v) is 4.14. The van der Waals surface area contributed by atoms with Gasteiger partial charge in [0.05, 0.1) is 23.0 Å². The van der Waals surface area contributed by atoms with Gasteiger partial charge in [-0.1, -0.05) is 37.1 Å². The standard InChI is InChI=1S/C19H20ClN3O2/c1-2-3-12-25-15-10-8-14(9-11-15)23-18(24)13-21-19(23)22-17-7-5-4-6-16(17)20/h4-11H,2-3,12-13H2,1H3,(H,21,22). The number of carbonyl (C=O) groups is 1. The van der Waals surface area contributed by atoms with Crippen LogP contribution in [0.5, 0.6) is 5.75 Å². The second-order valence-corrected chi connectivity index (χ2v) is 6.08. The van der Waals surface area contributed by atoms with Gasteiger partial charge in [0, 0.05) is 0 Å². The van der Waals surface area contributed by atoms with Crippen LogP contribution in [0, 0.1) is 0 Å². The zero-order valence-corrected chi connectivity index (χ0v) is 14.8. The Morgan fingerprint density at radius 1 is 1.20 bits per heavy atom. The highest BCUT2D eigenvalue weighted by molar-refractivity contribution is 6.34. The van der Waals surface area contributed by atoms with Gasteiger partial charge in [-0.2, -0.15) is 0 Å². The lowest BCUT2D eigenvalue weighted by molar-refractivity contribution is -0.115. The van der Waals surface area contributed by atoms with Crippen LogP contribution in [0.4, 0.5) is 11.4 Å². The van der Waals surface area contributed by atoms with E-state index in [0.717, 1.165) is 24.3 Å². The van der Waals surface area contributed by atoms with Crippen LogP contribution in [0.2, 0.25) is 5.02 Å². The van der Waals surface area contributed by atoms with Crippen LogP contribution >= 0.6 is 11.6 Å². The first-order valence-corrected chi connectivity index (χ1v) is 8.68. The first-order chi connectivity index (χ1) is 12.2. The second kappa shape index (κ2) is 8.03. The van der Waals surface area contributed by atoms with Crippen LogP contribution < -0.4 is 15.0 Å². The molecule has 0 aromatic heterocycles. The van der Waals surface area contributed by atoms with Gasteiger partial charge in [-0.05, 0) is 42.8 Å². The van der Waals surface area contributed by atoms with Crippen molar-refractivity contribution in [3.63, 3.8) is 0 Å². The molecule has 0 atom stereocenters. The van der Waals surface area contributed by atoms with E-state index in [1.807, 2.05) is 42.5 Å². The van der Waals surface area contributed by atoms with Crippen LogP contribution in [0.3, 0.4) is 0 Å². The molecule has 0 saturated carbocycles. The first-order valence-electron chi connectivity index (χ1n) is 8.31. The van der Waals surface area contributed by atoms with E-state index >= 15 is 0 Å². The maximum absolute atomic E-state index is 12.3. The number of rotatable bonds is 6. The van der Waals surface area contributed by atoms with Crippen molar-refractivity contribution in [1.29, 1.82) is 0 Å². The molecule has 2 aromatic rings. The Hall–Kier alpha value is -2.53. The van der Waals surface area contributed by atoms with Gasteiger partial charge in [0.2, 0.25) is 5.96 Å². The minimum absolute atomic E-state index is 0.0887. The van der Waals surface area contributed by atoms with Gasteiger partial charge in [0.15, 0.2) is 0 Å². The number of benzene rings is 2. The van der Waals surface area contributed by atoms with Crippen molar-refractivity contribution in [1.82, 2.24) is 0 Å². The summed E-state index contributed by atoms with van der Waals surface area (Å²) in [5, 5.41) is 3.71. The Labute approximate surface area is 152 Å². The van der Waals surface area contributed by atoms with Gasteiger partial charge in [-0.25, -0.2) is 9.89 Å². The van der Waals surface area contributed by atoms with E-state index in [1.54, 1.807) is 11.0 Å². The number of nitrogens with one attached hydrogen (secondary N) is 1. The number of carbonyl (C=O) groups excluding carboxylic acids is 1. The number of amides is 1. The Balaban J connectivity index is 1.74. The zero-order valence-electron chi connectivity index (χ0n) is 14.0. The molecule has 0 radical (unpaired) electrons. The van der Waals surface area contributed by atoms with Gasteiger partial charge in [-0.3, -0.25) is 4.79 Å². The Bertz CT molecular complexity index is 774. The number of halogens is 1. The van der Waals surface area contributed by atoms with Crippen LogP contribution in [0.1, 0.15) is 19.8 Å². The molecule has 5 nitrogen and oxygen atoms in total. The van der Waals surface area contributed by atoms with Crippen molar-refractivity contribution in [2.75, 3.05) is 23.4 Å². The minimum Gasteiger partial charge on any atom is -0.494 e. The Kier molecular flexibility index (Phi) is 5.56. The molecule has 0 bridgehead atoms. The molecule has 6 heteroatoms. The normalized spacial score (nSPS) is 13.8. The van der Waals surface area contributed by atoms with Crippen molar-refractivity contribution < 1.29 is 9.53 Å². The van der Waals surface area contributed by atoms with Gasteiger partial charge < -0.3 is 10.1 Å².